The van der Waals surface area contributed by atoms with Crippen molar-refractivity contribution in [3.8, 4) is 0 Å². The molecular weight excluding hydrogens is 779 g/mol. The van der Waals surface area contributed by atoms with Crippen LogP contribution in [0.15, 0.2) is 36.5 Å². The Balaban J connectivity index is 2.24. The highest BCUT2D eigenvalue weighted by Gasteiger charge is 2.44. The molecule has 1 amide bonds. The van der Waals surface area contributed by atoms with E-state index in [4.69, 9.17) is 9.47 Å². The molecule has 62 heavy (non-hydrogen) atoms. The molecule has 0 radical (unpaired) electrons. The third kappa shape index (κ3) is 33.0. The number of aliphatic hydroxyl groups is 5. The molecular formula is C53H99NO8. The first-order chi connectivity index (χ1) is 30.3. The zero-order valence-corrected chi connectivity index (χ0v) is 40.1. The number of carbonyl (C=O) groups is 1. The van der Waals surface area contributed by atoms with Crippen molar-refractivity contribution in [2.75, 3.05) is 13.2 Å². The first-order valence-electron chi connectivity index (χ1n) is 26.2. The molecule has 1 aliphatic rings. The summed E-state index contributed by atoms with van der Waals surface area (Å²) >= 11 is 0. The molecule has 1 aliphatic heterocycles. The molecule has 0 aliphatic carbocycles. The van der Waals surface area contributed by atoms with Gasteiger partial charge in [0.15, 0.2) is 6.29 Å². The van der Waals surface area contributed by atoms with Crippen LogP contribution >= 0.6 is 0 Å². The molecule has 7 unspecified atom stereocenters. The van der Waals surface area contributed by atoms with Gasteiger partial charge in [-0.1, -0.05) is 211 Å². The first-order valence-corrected chi connectivity index (χ1v) is 26.2. The summed E-state index contributed by atoms with van der Waals surface area (Å²) in [6, 6.07) is -0.824. The van der Waals surface area contributed by atoms with Crippen molar-refractivity contribution in [3.63, 3.8) is 0 Å². The summed E-state index contributed by atoms with van der Waals surface area (Å²) in [4.78, 5) is 12.9. The molecule has 1 rings (SSSR count). The lowest BCUT2D eigenvalue weighted by Gasteiger charge is -2.40. The number of hydrogen-bond acceptors (Lipinski definition) is 8. The smallest absolute Gasteiger partial charge is 0.220 e. The SMILES string of the molecule is CCCCC/C=C\CCCCCCCC(=O)NC(COC1OC(CO)C(O)C(O)C1O)C(O)/C=C/CC/C=C/CCCCCCCCCCCCCCCCCCCCCCC. The average molecular weight is 878 g/mol. The minimum atomic E-state index is -1.57. The first kappa shape index (κ1) is 58.4. The fourth-order valence-electron chi connectivity index (χ4n) is 8.23. The number of allylic oxidation sites excluding steroid dienone is 5. The molecule has 0 saturated carbocycles. The number of unbranched alkanes of at least 4 members (excludes halogenated alkanes) is 30. The third-order valence-corrected chi connectivity index (χ3v) is 12.4. The minimum Gasteiger partial charge on any atom is -0.394 e. The molecule has 1 heterocycles. The van der Waals surface area contributed by atoms with Gasteiger partial charge in [-0.25, -0.2) is 0 Å². The van der Waals surface area contributed by atoms with Gasteiger partial charge in [0, 0.05) is 6.42 Å². The van der Waals surface area contributed by atoms with Crippen molar-refractivity contribution in [2.24, 2.45) is 0 Å². The van der Waals surface area contributed by atoms with E-state index >= 15 is 0 Å². The van der Waals surface area contributed by atoms with Gasteiger partial charge in [-0.3, -0.25) is 4.79 Å². The fraction of sp³-hybridized carbons (Fsp3) is 0.868. The molecule has 9 heteroatoms. The van der Waals surface area contributed by atoms with Crippen LogP contribution in [0.1, 0.15) is 239 Å². The van der Waals surface area contributed by atoms with Crippen LogP contribution in [0.3, 0.4) is 0 Å². The van der Waals surface area contributed by atoms with Crippen LogP contribution in [-0.4, -0.2) is 87.5 Å². The van der Waals surface area contributed by atoms with E-state index in [1.165, 1.54) is 161 Å². The van der Waals surface area contributed by atoms with Crippen LogP contribution in [0.2, 0.25) is 0 Å². The molecule has 7 atom stereocenters. The predicted molar refractivity (Wildman–Crippen MR) is 258 cm³/mol. The van der Waals surface area contributed by atoms with Gasteiger partial charge in [-0.2, -0.15) is 0 Å². The Morgan fingerprint density at radius 3 is 1.39 bits per heavy atom. The maximum Gasteiger partial charge on any atom is 0.220 e. The van der Waals surface area contributed by atoms with Crippen molar-refractivity contribution in [2.45, 2.75) is 281 Å². The summed E-state index contributed by atoms with van der Waals surface area (Å²) in [6.45, 7) is 3.74. The van der Waals surface area contributed by atoms with E-state index in [1.807, 2.05) is 6.08 Å². The van der Waals surface area contributed by atoms with Crippen LogP contribution < -0.4 is 5.32 Å². The van der Waals surface area contributed by atoms with Crippen LogP contribution in [0.4, 0.5) is 0 Å². The molecule has 1 saturated heterocycles. The maximum atomic E-state index is 12.9. The zero-order chi connectivity index (χ0) is 45.1. The molecule has 0 spiro atoms. The van der Waals surface area contributed by atoms with Crippen LogP contribution in [0.5, 0.6) is 0 Å². The van der Waals surface area contributed by atoms with Gasteiger partial charge < -0.3 is 40.3 Å². The fourth-order valence-corrected chi connectivity index (χ4v) is 8.23. The average Bonchev–Trinajstić information content (AvgIpc) is 3.27. The Morgan fingerprint density at radius 1 is 0.532 bits per heavy atom. The standard InChI is InChI=1S/C53H99NO8/c1-3-5-7-9-11-13-15-17-18-19-20-21-22-23-24-25-26-27-28-29-30-31-32-34-36-38-40-42-47(56)46(45-61-53-52(60)51(59)50(58)48(44-55)62-53)54-49(57)43-41-39-37-35-33-16-14-12-10-8-6-4-2/h12,14,32,34,40,42,46-48,50-53,55-56,58-60H,3-11,13,15-31,33,35-39,41,43-45H2,1-2H3,(H,54,57)/b14-12-,34-32+,42-40+. The lowest BCUT2D eigenvalue weighted by molar-refractivity contribution is -0.302. The highest BCUT2D eigenvalue weighted by Crippen LogP contribution is 2.23. The van der Waals surface area contributed by atoms with Crippen molar-refractivity contribution in [1.82, 2.24) is 5.32 Å². The van der Waals surface area contributed by atoms with Gasteiger partial charge >= 0.3 is 0 Å². The number of rotatable bonds is 44. The monoisotopic (exact) mass is 878 g/mol. The van der Waals surface area contributed by atoms with Crippen LogP contribution in [0.25, 0.3) is 0 Å². The predicted octanol–water partition coefficient (Wildman–Crippen LogP) is 12.0. The van der Waals surface area contributed by atoms with E-state index in [1.54, 1.807) is 6.08 Å². The quantitative estimate of drug-likeness (QED) is 0.0262. The van der Waals surface area contributed by atoms with E-state index in [9.17, 15) is 30.3 Å². The number of amides is 1. The van der Waals surface area contributed by atoms with Crippen molar-refractivity contribution >= 4 is 5.91 Å². The summed E-state index contributed by atoms with van der Waals surface area (Å²) in [5.74, 6) is -0.196. The van der Waals surface area contributed by atoms with Gasteiger partial charge in [0.2, 0.25) is 5.91 Å². The van der Waals surface area contributed by atoms with E-state index < -0.39 is 49.5 Å². The molecule has 364 valence electrons. The van der Waals surface area contributed by atoms with E-state index in [2.05, 4.69) is 43.5 Å². The van der Waals surface area contributed by atoms with Crippen molar-refractivity contribution < 1.29 is 39.8 Å². The third-order valence-electron chi connectivity index (χ3n) is 12.4. The second-order valence-corrected chi connectivity index (χ2v) is 18.3. The van der Waals surface area contributed by atoms with E-state index in [-0.39, 0.29) is 12.5 Å². The lowest BCUT2D eigenvalue weighted by Crippen LogP contribution is -2.60. The molecule has 6 N–H and O–H groups in total. The number of carbonyl (C=O) groups excluding carboxylic acids is 1. The Hall–Kier alpha value is -1.59. The van der Waals surface area contributed by atoms with E-state index in [0.29, 0.717) is 6.42 Å². The lowest BCUT2D eigenvalue weighted by atomic mass is 9.99. The highest BCUT2D eigenvalue weighted by molar-refractivity contribution is 5.76. The second kappa shape index (κ2) is 43.3. The molecule has 0 bridgehead atoms. The van der Waals surface area contributed by atoms with Gasteiger partial charge in [-0.05, 0) is 57.8 Å². The Labute approximate surface area is 381 Å². The largest absolute Gasteiger partial charge is 0.394 e. The summed E-state index contributed by atoms with van der Waals surface area (Å²) < 4.78 is 11.2. The number of ether oxygens (including phenoxy) is 2. The van der Waals surface area contributed by atoms with Gasteiger partial charge in [0.1, 0.15) is 24.4 Å². The van der Waals surface area contributed by atoms with Gasteiger partial charge in [-0.15, -0.1) is 0 Å². The number of nitrogens with one attached hydrogen (secondary N) is 1. The summed E-state index contributed by atoms with van der Waals surface area (Å²) in [5, 5.41) is 54.2. The molecule has 1 fully saturated rings. The molecule has 0 aromatic carbocycles. The minimum absolute atomic E-state index is 0.196. The van der Waals surface area contributed by atoms with Crippen molar-refractivity contribution in [1.29, 1.82) is 0 Å². The second-order valence-electron chi connectivity index (χ2n) is 18.3. The topological polar surface area (TPSA) is 149 Å². The number of hydrogen-bond donors (Lipinski definition) is 6. The Bertz CT molecular complexity index is 1070. The van der Waals surface area contributed by atoms with Crippen LogP contribution in [-0.2, 0) is 14.3 Å². The normalized spacial score (nSPS) is 20.5. The molecule has 0 aromatic heterocycles. The Morgan fingerprint density at radius 2 is 0.919 bits per heavy atom. The highest BCUT2D eigenvalue weighted by atomic mass is 16.7. The van der Waals surface area contributed by atoms with Gasteiger partial charge in [0.25, 0.3) is 0 Å². The zero-order valence-electron chi connectivity index (χ0n) is 40.1. The van der Waals surface area contributed by atoms with E-state index in [0.717, 1.165) is 57.8 Å². The summed E-state index contributed by atoms with van der Waals surface area (Å²) in [6.07, 6.45) is 47.9. The molecule has 9 nitrogen and oxygen atoms in total. The summed E-state index contributed by atoms with van der Waals surface area (Å²) in [7, 11) is 0. The summed E-state index contributed by atoms with van der Waals surface area (Å²) in [5.41, 5.74) is 0. The van der Waals surface area contributed by atoms with Crippen molar-refractivity contribution in [3.05, 3.63) is 36.5 Å². The maximum absolute atomic E-state index is 12.9. The Kier molecular flexibility index (Phi) is 40.8. The van der Waals surface area contributed by atoms with Crippen LogP contribution in [0, 0.1) is 0 Å². The molecule has 0 aromatic rings. The van der Waals surface area contributed by atoms with Gasteiger partial charge in [0.05, 0.1) is 25.4 Å². The number of aliphatic hydroxyl groups excluding tert-OH is 5.